The number of anilines is 2. The van der Waals surface area contributed by atoms with Gasteiger partial charge in [-0.05, 0) is 173 Å². The summed E-state index contributed by atoms with van der Waals surface area (Å²) in [6.45, 7) is 28.9. The van der Waals surface area contributed by atoms with E-state index >= 15 is 0 Å². The van der Waals surface area contributed by atoms with Gasteiger partial charge in [-0.15, -0.1) is 90.7 Å². The molecule has 43 heteroatoms. The standard InChI is InChI=1S/C20H24F3N3O2S.C15H16F3N3S.C12H13NO3S.C10H7ClF3NS.C10H9NO3S.C9H7ClINS.C9H8INOS.C9H9NOS/c1-5-12-6-13-15(14(20(21,22)23)7-24-16(13)29-12)25-8-19(9-25)10-26(11-19)17(27)28-18(2,3)4;1-2-9-3-10-12(21-7-14(8-21)5-19-6-14)11(15(16,17)18)4-20-13(10)22-9;1-3-7-5-8-10(14)9(12(15)16-4-2)6-13-11(8)17-7;1-2-5-3-6-8(11)7(10(12,13)14)4-15-9(6)16-5;1-2-5-3-6-8(12)7(10(13)14)4-11-9(6)15-5;1-2-5-3-6-8(10)7(11)4-12-9(6)13-5;1-2-5-3-6-8(12)7(10)4-11-9(6)13-5;1-2-6-5-7-8(11)3-4-10-9(7)12-6/h6-7H,5,8-11H2,1-4H3;3-4,19H,2,5-8H2,1H3;5-6H,3-4H2,1-2H3,(H,13,14);3-4H,2H2,1H3;3-4H,2H2,1H3,(H,11,12)(H,13,14);3-4H,2H2,1H3;3-4H,2H2,1H3,(H,11,12);3-5H,2H2,1H3,(H,10,11). The molecule has 4 fully saturated rings. The average Bonchev–Trinajstić information content (AvgIpc) is 1.03. The Morgan fingerprint density at radius 1 is 0.438 bits per heavy atom. The van der Waals surface area contributed by atoms with Gasteiger partial charge in [-0.2, -0.15) is 39.5 Å². The van der Waals surface area contributed by atoms with Crippen LogP contribution in [0.2, 0.25) is 10.0 Å². The summed E-state index contributed by atoms with van der Waals surface area (Å²) in [4.78, 5) is 130. The van der Waals surface area contributed by atoms with Crippen molar-refractivity contribution in [1.82, 2.24) is 50.1 Å². The number of carbonyl (C=O) groups excluding carboxylic acids is 2. The summed E-state index contributed by atoms with van der Waals surface area (Å²) in [5.74, 6) is -1.76. The van der Waals surface area contributed by atoms with Crippen molar-refractivity contribution in [3.05, 3.63) is 229 Å². The number of nitrogens with one attached hydrogen (secondary N) is 5. The van der Waals surface area contributed by atoms with Crippen LogP contribution < -0.4 is 36.8 Å². The minimum Gasteiger partial charge on any atom is -0.477 e. The van der Waals surface area contributed by atoms with Gasteiger partial charge in [-0.25, -0.2) is 34.3 Å². The predicted octanol–water partition coefficient (Wildman–Crippen LogP) is 26.0. The topological polar surface area (TPSA) is 295 Å². The first-order chi connectivity index (χ1) is 64.8. The van der Waals surface area contributed by atoms with Gasteiger partial charge in [0, 0.05) is 179 Å². The molecule has 4 saturated heterocycles. The van der Waals surface area contributed by atoms with Crippen LogP contribution in [0.3, 0.4) is 0 Å². The van der Waals surface area contributed by atoms with E-state index in [-0.39, 0.29) is 61.7 Å². The lowest BCUT2D eigenvalue weighted by Gasteiger charge is -2.60. The molecule has 2 spiro atoms. The highest BCUT2D eigenvalue weighted by atomic mass is 127. The maximum atomic E-state index is 13.7. The average molecular weight is 2300 g/mol. The zero-order valence-electron chi connectivity index (χ0n) is 75.8. The summed E-state index contributed by atoms with van der Waals surface area (Å²) >= 11 is 28.5. The molecular formula is C94H93Cl2F9I2N12O10S8. The minimum absolute atomic E-state index is 0.0693. The van der Waals surface area contributed by atoms with E-state index in [4.69, 9.17) is 37.8 Å². The first-order valence-corrected chi connectivity index (χ1v) is 52.9. The molecule has 0 aromatic carbocycles. The van der Waals surface area contributed by atoms with Crippen LogP contribution in [-0.4, -0.2) is 132 Å². The zero-order chi connectivity index (χ0) is 99.5. The first-order valence-electron chi connectivity index (χ1n) is 43.4. The molecule has 20 heterocycles. The number of carboxylic acids is 1. The Morgan fingerprint density at radius 2 is 0.788 bits per heavy atom. The second-order valence-electron chi connectivity index (χ2n) is 33.4. The zero-order valence-corrected chi connectivity index (χ0v) is 88.1. The lowest BCUT2D eigenvalue weighted by molar-refractivity contribution is -0.138. The number of rotatable bonds is 13. The highest BCUT2D eigenvalue weighted by Crippen LogP contribution is 2.51. The minimum atomic E-state index is -4.46. The van der Waals surface area contributed by atoms with E-state index in [1.165, 1.54) is 83.7 Å². The maximum Gasteiger partial charge on any atom is 0.419 e. The van der Waals surface area contributed by atoms with Gasteiger partial charge in [0.05, 0.1) is 73.4 Å². The van der Waals surface area contributed by atoms with Crippen LogP contribution in [-0.2, 0) is 79.4 Å². The summed E-state index contributed by atoms with van der Waals surface area (Å²) in [6.07, 6.45) is 4.14. The van der Waals surface area contributed by atoms with Crippen molar-refractivity contribution in [2.75, 3.05) is 68.8 Å². The fraction of sp³-hybridized carbons (Fsp3) is 0.372. The molecule has 16 aromatic rings. The van der Waals surface area contributed by atoms with Gasteiger partial charge >= 0.3 is 36.6 Å². The Balaban J connectivity index is 0.000000135. The van der Waals surface area contributed by atoms with Gasteiger partial charge in [0.1, 0.15) is 55.4 Å². The lowest BCUT2D eigenvalue weighted by atomic mass is 9.72. The van der Waals surface area contributed by atoms with Gasteiger partial charge in [0.15, 0.2) is 5.43 Å². The number of hydrogen-bond acceptors (Lipinski definition) is 24. The molecule has 0 atom stereocenters. The van der Waals surface area contributed by atoms with Crippen LogP contribution in [0.5, 0.6) is 0 Å². The number of ether oxygens (including phenoxy) is 2. The van der Waals surface area contributed by atoms with Crippen molar-refractivity contribution in [2.24, 2.45) is 10.8 Å². The number of hydrogen-bond donors (Lipinski definition) is 6. The molecule has 728 valence electrons. The third kappa shape index (κ3) is 24.0. The monoisotopic (exact) mass is 2300 g/mol. The Hall–Kier alpha value is -8.74. The number of carbonyl (C=O) groups is 3. The number of esters is 1. The smallest absolute Gasteiger partial charge is 0.419 e. The fourth-order valence-corrected chi connectivity index (χ4v) is 24.5. The predicted molar refractivity (Wildman–Crippen MR) is 557 cm³/mol. The number of likely N-dealkylation sites (tertiary alicyclic amines) is 1. The molecule has 0 unspecified atom stereocenters. The normalized spacial score (nSPS) is 14.2. The number of nitrogens with zero attached hydrogens (tertiary/aromatic N) is 7. The molecule has 1 amide bonds. The molecule has 4 aliphatic rings. The second kappa shape index (κ2) is 43.8. The summed E-state index contributed by atoms with van der Waals surface area (Å²) in [5, 5.41) is 17.9. The van der Waals surface area contributed by atoms with Crippen molar-refractivity contribution in [3.8, 4) is 0 Å². The van der Waals surface area contributed by atoms with Gasteiger partial charge < -0.3 is 54.5 Å². The van der Waals surface area contributed by atoms with Gasteiger partial charge in [-0.3, -0.25) is 19.2 Å². The SMILES string of the molecule is CCOC(=O)c1c[nH]c2sc(CC)cc2c1=O.CCc1cc2c(=O)c(C(=O)O)c[nH]c2s1.CCc1cc2c(=O)c(I)c[nH]c2s1.CCc1cc2c(=O)cc[nH]c2s1.CCc1cc2c(Cl)c(C(F)(F)F)cnc2s1.CCc1cc2c(Cl)c(I)cnc2s1.CCc1cc2c(N3CC4(CN(C(=O)OC(C)(C)C)C4)C3)c(C(F)(F)F)cnc2s1.CCc1cc2c(N3CC4(CNC4)C3)c(C(F)(F)F)cnc2s1. The Labute approximate surface area is 848 Å². The van der Waals surface area contributed by atoms with Crippen molar-refractivity contribution in [2.45, 2.75) is 159 Å². The van der Waals surface area contributed by atoms with E-state index < -0.39 is 58.2 Å². The molecular weight excluding hydrogens is 2210 g/mol. The van der Waals surface area contributed by atoms with Gasteiger partial charge in [-0.1, -0.05) is 78.6 Å². The number of H-pyrrole nitrogens is 4. The van der Waals surface area contributed by atoms with Crippen LogP contribution in [0, 0.1) is 18.0 Å². The number of alkyl halides is 9. The molecule has 0 bridgehead atoms. The molecule has 0 aliphatic carbocycles. The van der Waals surface area contributed by atoms with Crippen molar-refractivity contribution in [1.29, 1.82) is 0 Å². The van der Waals surface area contributed by atoms with Crippen LogP contribution in [0.1, 0.15) is 160 Å². The molecule has 4 aliphatic heterocycles. The van der Waals surface area contributed by atoms with Crippen molar-refractivity contribution >= 4 is 270 Å². The van der Waals surface area contributed by atoms with Crippen LogP contribution in [0.15, 0.2) is 123 Å². The van der Waals surface area contributed by atoms with E-state index in [0.717, 1.165) is 160 Å². The van der Waals surface area contributed by atoms with E-state index in [9.17, 15) is 73.1 Å². The number of pyridine rings is 8. The number of fused-ring (bicyclic) bond motifs is 8. The van der Waals surface area contributed by atoms with E-state index in [2.05, 4.69) is 117 Å². The molecule has 20 rings (SSSR count). The molecule has 22 nitrogen and oxygen atoms in total. The number of aromatic nitrogens is 8. The van der Waals surface area contributed by atoms with Crippen molar-refractivity contribution < 1.29 is 68.5 Å². The van der Waals surface area contributed by atoms with Crippen LogP contribution in [0.25, 0.3) is 81.7 Å². The molecule has 0 saturated carbocycles. The number of halogens is 13. The van der Waals surface area contributed by atoms with Crippen molar-refractivity contribution in [3.63, 3.8) is 0 Å². The number of amides is 1. The maximum absolute atomic E-state index is 13.7. The number of aromatic carboxylic acids is 1. The third-order valence-corrected chi connectivity index (χ3v) is 34.7. The molecule has 137 heavy (non-hydrogen) atoms. The van der Waals surface area contributed by atoms with E-state index in [0.29, 0.717) is 86.4 Å². The number of aryl methyl sites for hydroxylation is 8. The van der Waals surface area contributed by atoms with Crippen LogP contribution in [0.4, 0.5) is 55.7 Å². The lowest BCUT2D eigenvalue weighted by Crippen LogP contribution is -2.73. The number of thiophene rings is 8. The highest BCUT2D eigenvalue weighted by Gasteiger charge is 2.56. The molecule has 6 N–H and O–H groups in total. The summed E-state index contributed by atoms with van der Waals surface area (Å²) in [5.41, 5.74) is -2.71. The van der Waals surface area contributed by atoms with E-state index in [1.54, 1.807) is 81.3 Å². The molecule has 16 aromatic heterocycles. The summed E-state index contributed by atoms with van der Waals surface area (Å²) in [7, 11) is 0. The fourth-order valence-electron chi connectivity index (χ4n) is 15.4. The first kappa shape index (κ1) is 106. The number of carboxylic acid groups (broad SMARTS) is 1. The summed E-state index contributed by atoms with van der Waals surface area (Å²) in [6, 6.07) is 16.6. The highest BCUT2D eigenvalue weighted by molar-refractivity contribution is 14.1. The Kier molecular flexibility index (Phi) is 33.7. The second-order valence-corrected chi connectivity index (χ2v) is 45.5. The third-order valence-electron chi connectivity index (χ3n) is 22.4. The van der Waals surface area contributed by atoms with Gasteiger partial charge in [0.2, 0.25) is 16.3 Å². The van der Waals surface area contributed by atoms with E-state index in [1.807, 2.05) is 96.8 Å². The largest absolute Gasteiger partial charge is 0.477 e. The Bertz CT molecular complexity index is 7410. The number of aromatic amines is 4. The molecule has 0 radical (unpaired) electrons. The summed E-state index contributed by atoms with van der Waals surface area (Å²) < 4.78 is 131. The Morgan fingerprint density at radius 3 is 1.18 bits per heavy atom. The van der Waals surface area contributed by atoms with Crippen LogP contribution >= 0.6 is 159 Å². The van der Waals surface area contributed by atoms with Gasteiger partial charge in [0.25, 0.3) is 0 Å². The quantitative estimate of drug-likeness (QED) is 0.0355.